The van der Waals surface area contributed by atoms with Gasteiger partial charge in [0.1, 0.15) is 11.4 Å². The summed E-state index contributed by atoms with van der Waals surface area (Å²) in [5, 5.41) is 3.76. The number of benzene rings is 2. The molecule has 2 amide bonds. The maximum atomic E-state index is 13.3. The van der Waals surface area contributed by atoms with Crippen molar-refractivity contribution in [2.75, 3.05) is 32.2 Å². The summed E-state index contributed by atoms with van der Waals surface area (Å²) in [6.45, 7) is 7.37. The average Bonchev–Trinajstić information content (AvgIpc) is 3.00. The molecule has 0 spiro atoms. The number of ether oxygens (including phenoxy) is 2. The summed E-state index contributed by atoms with van der Waals surface area (Å²) in [5.74, 6) is 0.436. The van der Waals surface area contributed by atoms with Crippen LogP contribution in [0.1, 0.15) is 31.4 Å². The summed E-state index contributed by atoms with van der Waals surface area (Å²) < 4.78 is 10.8. The van der Waals surface area contributed by atoms with Crippen molar-refractivity contribution < 1.29 is 19.1 Å². The number of imide groups is 1. The van der Waals surface area contributed by atoms with E-state index in [1.54, 1.807) is 31.4 Å². The fraction of sp³-hybridized carbons (Fsp3) is 0.360. The molecule has 0 atom stereocenters. The molecular formula is C25H29ClN2O4. The number of nitrogens with one attached hydrogen (secondary N) is 1. The van der Waals surface area contributed by atoms with Gasteiger partial charge >= 0.3 is 0 Å². The summed E-state index contributed by atoms with van der Waals surface area (Å²) in [4.78, 5) is 27.8. The van der Waals surface area contributed by atoms with E-state index in [0.29, 0.717) is 47.4 Å². The third-order valence-electron chi connectivity index (χ3n) is 5.15. The number of methoxy groups -OCH3 is 1. The monoisotopic (exact) mass is 456 g/mol. The lowest BCUT2D eigenvalue weighted by molar-refractivity contribution is -0.136. The number of halogens is 1. The molecular weight excluding hydrogens is 428 g/mol. The minimum Gasteiger partial charge on any atom is -0.493 e. The van der Waals surface area contributed by atoms with E-state index in [9.17, 15) is 9.59 Å². The van der Waals surface area contributed by atoms with Crippen LogP contribution < -0.4 is 10.1 Å². The van der Waals surface area contributed by atoms with Crippen LogP contribution >= 0.6 is 11.6 Å². The minimum absolute atomic E-state index is 0.244. The standard InChI is InChI=1S/C25H29ClN2O4/c1-16(2)15-32-19-11-9-18(10-12-19)22-23(27-21-8-5-7-20(26)17(21)3)25(30)28(24(22)29)13-6-14-31-4/h5,7-12,16,27H,6,13-15H2,1-4H3. The molecule has 1 heterocycles. The third kappa shape index (κ3) is 5.31. The Kier molecular flexibility index (Phi) is 7.94. The first-order valence-electron chi connectivity index (χ1n) is 10.7. The van der Waals surface area contributed by atoms with Crippen molar-refractivity contribution in [2.45, 2.75) is 27.2 Å². The largest absolute Gasteiger partial charge is 0.493 e. The average molecular weight is 457 g/mol. The van der Waals surface area contributed by atoms with Gasteiger partial charge in [0.15, 0.2) is 0 Å². The molecule has 3 rings (SSSR count). The molecule has 1 N–H and O–H groups in total. The number of carbonyl (C=O) groups excluding carboxylic acids is 2. The highest BCUT2D eigenvalue weighted by Crippen LogP contribution is 2.33. The van der Waals surface area contributed by atoms with Gasteiger partial charge in [-0.1, -0.05) is 43.6 Å². The van der Waals surface area contributed by atoms with Crippen LogP contribution in [0.5, 0.6) is 5.75 Å². The predicted molar refractivity (Wildman–Crippen MR) is 127 cm³/mol. The van der Waals surface area contributed by atoms with E-state index in [4.69, 9.17) is 21.1 Å². The molecule has 1 aliphatic heterocycles. The predicted octanol–water partition coefficient (Wildman–Crippen LogP) is 4.91. The highest BCUT2D eigenvalue weighted by molar-refractivity contribution is 6.36. The Balaban J connectivity index is 1.96. The van der Waals surface area contributed by atoms with Gasteiger partial charge in [0.05, 0.1) is 12.2 Å². The van der Waals surface area contributed by atoms with E-state index in [1.807, 2.05) is 25.1 Å². The van der Waals surface area contributed by atoms with Gasteiger partial charge in [0.25, 0.3) is 11.8 Å². The zero-order chi connectivity index (χ0) is 23.3. The van der Waals surface area contributed by atoms with Crippen molar-refractivity contribution in [2.24, 2.45) is 5.92 Å². The van der Waals surface area contributed by atoms with Gasteiger partial charge in [-0.3, -0.25) is 14.5 Å². The second-order valence-corrected chi connectivity index (χ2v) is 8.53. The van der Waals surface area contributed by atoms with E-state index >= 15 is 0 Å². The lowest BCUT2D eigenvalue weighted by atomic mass is 10.0. The van der Waals surface area contributed by atoms with Crippen LogP contribution in [0.4, 0.5) is 5.69 Å². The first kappa shape index (κ1) is 23.8. The van der Waals surface area contributed by atoms with Crippen molar-refractivity contribution in [1.82, 2.24) is 4.90 Å². The lowest BCUT2D eigenvalue weighted by Crippen LogP contribution is -2.34. The fourth-order valence-electron chi connectivity index (χ4n) is 3.39. The summed E-state index contributed by atoms with van der Waals surface area (Å²) in [6.07, 6.45) is 0.562. The summed E-state index contributed by atoms with van der Waals surface area (Å²) in [6, 6.07) is 12.7. The van der Waals surface area contributed by atoms with Crippen LogP contribution in [-0.2, 0) is 14.3 Å². The second-order valence-electron chi connectivity index (χ2n) is 8.12. The number of hydrogen-bond acceptors (Lipinski definition) is 5. The number of hydrogen-bond donors (Lipinski definition) is 1. The van der Waals surface area contributed by atoms with Crippen molar-refractivity contribution in [3.8, 4) is 5.75 Å². The molecule has 0 saturated heterocycles. The summed E-state index contributed by atoms with van der Waals surface area (Å²) in [5.41, 5.74) is 2.71. The van der Waals surface area contributed by atoms with Crippen molar-refractivity contribution in [3.05, 3.63) is 64.3 Å². The number of rotatable bonds is 10. The highest BCUT2D eigenvalue weighted by Gasteiger charge is 2.39. The van der Waals surface area contributed by atoms with Gasteiger partial charge in [-0.15, -0.1) is 0 Å². The van der Waals surface area contributed by atoms with Gasteiger partial charge in [-0.05, 0) is 54.7 Å². The third-order valence-corrected chi connectivity index (χ3v) is 5.56. The molecule has 0 radical (unpaired) electrons. The first-order chi connectivity index (χ1) is 15.3. The highest BCUT2D eigenvalue weighted by atomic mass is 35.5. The Morgan fingerprint density at radius 1 is 1.06 bits per heavy atom. The molecule has 1 aliphatic rings. The quantitative estimate of drug-likeness (QED) is 0.406. The van der Waals surface area contributed by atoms with Gasteiger partial charge in [0.2, 0.25) is 0 Å². The Labute approximate surface area is 194 Å². The van der Waals surface area contributed by atoms with Gasteiger partial charge in [0, 0.05) is 31.0 Å². The van der Waals surface area contributed by atoms with Crippen molar-refractivity contribution in [3.63, 3.8) is 0 Å². The van der Waals surface area contributed by atoms with Crippen LogP contribution in [0.15, 0.2) is 48.2 Å². The van der Waals surface area contributed by atoms with E-state index in [2.05, 4.69) is 19.2 Å². The molecule has 32 heavy (non-hydrogen) atoms. The van der Waals surface area contributed by atoms with Crippen LogP contribution in [0.25, 0.3) is 5.57 Å². The molecule has 0 aromatic heterocycles. The van der Waals surface area contributed by atoms with Crippen LogP contribution in [-0.4, -0.2) is 43.6 Å². The number of amides is 2. The maximum Gasteiger partial charge on any atom is 0.278 e. The molecule has 6 nitrogen and oxygen atoms in total. The van der Waals surface area contributed by atoms with Crippen LogP contribution in [0.2, 0.25) is 5.02 Å². The molecule has 2 aromatic carbocycles. The lowest BCUT2D eigenvalue weighted by Gasteiger charge is -2.15. The Bertz CT molecular complexity index is 1020. The summed E-state index contributed by atoms with van der Waals surface area (Å²) in [7, 11) is 1.59. The molecule has 2 aromatic rings. The van der Waals surface area contributed by atoms with E-state index in [0.717, 1.165) is 11.3 Å². The SMILES string of the molecule is COCCCN1C(=O)C(Nc2cccc(Cl)c2C)=C(c2ccc(OCC(C)C)cc2)C1=O. The van der Waals surface area contributed by atoms with Gasteiger partial charge < -0.3 is 14.8 Å². The molecule has 0 aliphatic carbocycles. The first-order valence-corrected chi connectivity index (χ1v) is 11.1. The number of carbonyl (C=O) groups is 2. The fourth-order valence-corrected chi connectivity index (χ4v) is 3.56. The van der Waals surface area contributed by atoms with Gasteiger partial charge in [-0.25, -0.2) is 0 Å². The summed E-state index contributed by atoms with van der Waals surface area (Å²) >= 11 is 6.25. The molecule has 0 unspecified atom stereocenters. The van der Waals surface area contributed by atoms with E-state index < -0.39 is 0 Å². The topological polar surface area (TPSA) is 67.9 Å². The molecule has 0 saturated carbocycles. The van der Waals surface area contributed by atoms with E-state index in [-0.39, 0.29) is 24.1 Å². The zero-order valence-corrected chi connectivity index (χ0v) is 19.7. The molecule has 0 bridgehead atoms. The van der Waals surface area contributed by atoms with Gasteiger partial charge in [-0.2, -0.15) is 0 Å². The Morgan fingerprint density at radius 3 is 2.44 bits per heavy atom. The molecule has 0 fully saturated rings. The minimum atomic E-state index is -0.361. The Morgan fingerprint density at radius 2 is 1.78 bits per heavy atom. The molecule has 7 heteroatoms. The zero-order valence-electron chi connectivity index (χ0n) is 18.9. The second kappa shape index (κ2) is 10.7. The van der Waals surface area contributed by atoms with E-state index in [1.165, 1.54) is 4.90 Å². The Hall–Kier alpha value is -2.83. The van der Waals surface area contributed by atoms with Crippen molar-refractivity contribution >= 4 is 34.7 Å². The number of anilines is 1. The van der Waals surface area contributed by atoms with Crippen LogP contribution in [0.3, 0.4) is 0 Å². The smallest absolute Gasteiger partial charge is 0.278 e. The number of nitrogens with zero attached hydrogens (tertiary/aromatic N) is 1. The van der Waals surface area contributed by atoms with Crippen LogP contribution in [0, 0.1) is 12.8 Å². The normalized spacial score (nSPS) is 14.0. The maximum absolute atomic E-state index is 13.3. The molecule has 170 valence electrons. The van der Waals surface area contributed by atoms with Crippen molar-refractivity contribution in [1.29, 1.82) is 0 Å².